The molecular weight excluding hydrogens is 166 g/mol. The summed E-state index contributed by atoms with van der Waals surface area (Å²) < 4.78 is 0. The number of aliphatic hydroxyl groups is 1. The third kappa shape index (κ3) is 1.70. The van der Waals surface area contributed by atoms with Gasteiger partial charge in [-0.2, -0.15) is 0 Å². The van der Waals surface area contributed by atoms with Crippen molar-refractivity contribution >= 4 is 10.8 Å². The summed E-state index contributed by atoms with van der Waals surface area (Å²) in [6.07, 6.45) is 0.741. The monoisotopic (exact) mass is 178 g/mol. The molecule has 1 heteroatoms. The molecule has 1 nitrogen and oxygen atoms in total. The Morgan fingerprint density at radius 1 is 0.923 bits per heavy atom. The first-order valence-electron chi connectivity index (χ1n) is 4.49. The predicted octanol–water partition coefficient (Wildman–Crippen LogP) is 2.37. The summed E-state index contributed by atoms with van der Waals surface area (Å²) in [5.41, 5.74) is 1.20. The predicted molar refractivity (Wildman–Crippen MR) is 54.7 cm³/mol. The van der Waals surface area contributed by atoms with Gasteiger partial charge in [-0.15, -0.1) is 0 Å². The highest BCUT2D eigenvalue weighted by Gasteiger charge is 1.94. The van der Waals surface area contributed by atoms with Crippen LogP contribution < -0.4 is 0 Å². The summed E-state index contributed by atoms with van der Waals surface area (Å²) in [4.78, 5) is 0. The zero-order chi connectivity index (χ0) is 9.10. The maximum atomic E-state index is 8.79. The van der Waals surface area contributed by atoms with E-state index in [-0.39, 0.29) is 6.61 Å². The molecule has 0 aliphatic carbocycles. The van der Waals surface area contributed by atoms with Crippen LogP contribution in [0.3, 0.4) is 0 Å². The molecule has 13 heavy (non-hydrogen) atoms. The molecule has 2 rings (SSSR count). The van der Waals surface area contributed by atoms with E-state index in [0.717, 1.165) is 6.42 Å². The number of rotatable bonds is 2. The molecule has 0 unspecified atom stereocenters. The van der Waals surface area contributed by atoms with Crippen molar-refractivity contribution in [2.45, 2.75) is 6.42 Å². The largest absolute Gasteiger partial charge is 0.396 e. The Morgan fingerprint density at radius 3 is 2.46 bits per heavy atom. The standard InChI is InChI=1S/C12H12O/c13-8-7-10-5-6-11-3-1-2-4-12(11)9-10/h1-6,9,13H,7-8H2/i5+1,6+1,9+1,10+1,11+1,12+1. The van der Waals surface area contributed by atoms with E-state index in [1.807, 2.05) is 12.1 Å². The van der Waals surface area contributed by atoms with Gasteiger partial charge in [0.05, 0.1) is 0 Å². The molecule has 0 spiro atoms. The van der Waals surface area contributed by atoms with Crippen molar-refractivity contribution in [3.63, 3.8) is 0 Å². The lowest BCUT2D eigenvalue weighted by Crippen LogP contribution is -1.89. The van der Waals surface area contributed by atoms with Gasteiger partial charge in [-0.05, 0) is 22.8 Å². The number of fused-ring (bicyclic) bond motifs is 1. The molecule has 0 aliphatic rings. The molecule has 0 aliphatic heterocycles. The van der Waals surface area contributed by atoms with Crippen molar-refractivity contribution in [3.8, 4) is 0 Å². The minimum atomic E-state index is 0.221. The lowest BCUT2D eigenvalue weighted by Gasteiger charge is -2.00. The molecule has 0 saturated heterocycles. The van der Waals surface area contributed by atoms with Crippen molar-refractivity contribution in [3.05, 3.63) is 48.0 Å². The van der Waals surface area contributed by atoms with Crippen LogP contribution in [0.5, 0.6) is 0 Å². The molecule has 2 aromatic rings. The second-order valence-electron chi connectivity index (χ2n) is 3.16. The molecule has 0 saturated carbocycles. The maximum absolute atomic E-state index is 8.79. The second kappa shape index (κ2) is 3.58. The quantitative estimate of drug-likeness (QED) is 0.748. The Balaban J connectivity index is 2.49. The maximum Gasteiger partial charge on any atom is 0.0471 e. The minimum absolute atomic E-state index is 0.221. The lowest BCUT2D eigenvalue weighted by molar-refractivity contribution is 0.299. The van der Waals surface area contributed by atoms with Gasteiger partial charge < -0.3 is 5.11 Å². The topological polar surface area (TPSA) is 20.2 Å². The highest BCUT2D eigenvalue weighted by Crippen LogP contribution is 2.15. The van der Waals surface area contributed by atoms with Crippen LogP contribution in [0.4, 0.5) is 0 Å². The lowest BCUT2D eigenvalue weighted by atomic mass is 10.5. The third-order valence-electron chi connectivity index (χ3n) is 2.21. The van der Waals surface area contributed by atoms with Crippen LogP contribution in [-0.4, -0.2) is 11.7 Å². The van der Waals surface area contributed by atoms with Crippen LogP contribution in [0.15, 0.2) is 42.5 Å². The first-order chi connectivity index (χ1) is 6.40. The molecule has 0 heterocycles. The Labute approximate surface area is 77.6 Å². The van der Waals surface area contributed by atoms with Gasteiger partial charge in [-0.25, -0.2) is 0 Å². The number of aliphatic hydroxyl groups excluding tert-OH is 1. The zero-order valence-corrected chi connectivity index (χ0v) is 7.40. The molecule has 0 atom stereocenters. The van der Waals surface area contributed by atoms with E-state index >= 15 is 0 Å². The van der Waals surface area contributed by atoms with E-state index in [0.29, 0.717) is 0 Å². The Kier molecular flexibility index (Phi) is 2.28. The van der Waals surface area contributed by atoms with Crippen LogP contribution in [0.1, 0.15) is 5.56 Å². The first-order valence-corrected chi connectivity index (χ1v) is 4.49. The van der Waals surface area contributed by atoms with Gasteiger partial charge in [0.15, 0.2) is 0 Å². The summed E-state index contributed by atoms with van der Waals surface area (Å²) in [7, 11) is 0. The molecule has 0 amide bonds. The van der Waals surface area contributed by atoms with Crippen LogP contribution in [0, 0.1) is 0 Å². The fourth-order valence-corrected chi connectivity index (χ4v) is 1.52. The highest BCUT2D eigenvalue weighted by atomic mass is 16.3. The third-order valence-corrected chi connectivity index (χ3v) is 2.21. The van der Waals surface area contributed by atoms with E-state index < -0.39 is 0 Å². The first kappa shape index (κ1) is 8.27. The number of benzene rings is 2. The molecule has 1 N–H and O–H groups in total. The van der Waals surface area contributed by atoms with Gasteiger partial charge in [0.2, 0.25) is 0 Å². The van der Waals surface area contributed by atoms with Gasteiger partial charge in [0.25, 0.3) is 0 Å². The van der Waals surface area contributed by atoms with Gasteiger partial charge in [0, 0.05) is 6.61 Å². The van der Waals surface area contributed by atoms with E-state index in [9.17, 15) is 0 Å². The fourth-order valence-electron chi connectivity index (χ4n) is 1.52. The molecule has 2 aromatic carbocycles. The van der Waals surface area contributed by atoms with Gasteiger partial charge in [-0.1, -0.05) is 42.5 Å². The molecule has 0 fully saturated rings. The minimum Gasteiger partial charge on any atom is -0.396 e. The van der Waals surface area contributed by atoms with Crippen molar-refractivity contribution in [2.24, 2.45) is 0 Å². The van der Waals surface area contributed by atoms with Gasteiger partial charge >= 0.3 is 0 Å². The average molecular weight is 178 g/mol. The van der Waals surface area contributed by atoms with E-state index in [1.165, 1.54) is 16.3 Å². The molecule has 0 radical (unpaired) electrons. The fraction of sp³-hybridized carbons (Fsp3) is 0.167. The zero-order valence-electron chi connectivity index (χ0n) is 7.40. The van der Waals surface area contributed by atoms with E-state index in [4.69, 9.17) is 5.11 Å². The summed E-state index contributed by atoms with van der Waals surface area (Å²) in [6.45, 7) is 0.221. The summed E-state index contributed by atoms with van der Waals surface area (Å²) in [5.74, 6) is 0. The van der Waals surface area contributed by atoms with E-state index in [1.54, 1.807) is 0 Å². The van der Waals surface area contributed by atoms with Crippen LogP contribution in [0.25, 0.3) is 10.8 Å². The van der Waals surface area contributed by atoms with Crippen molar-refractivity contribution < 1.29 is 5.11 Å². The smallest absolute Gasteiger partial charge is 0.0471 e. The van der Waals surface area contributed by atoms with Crippen molar-refractivity contribution in [1.29, 1.82) is 0 Å². The number of hydrogen-bond acceptors (Lipinski definition) is 1. The van der Waals surface area contributed by atoms with Crippen molar-refractivity contribution in [2.75, 3.05) is 6.61 Å². The van der Waals surface area contributed by atoms with Crippen LogP contribution in [-0.2, 0) is 6.42 Å². The highest BCUT2D eigenvalue weighted by molar-refractivity contribution is 5.82. The Morgan fingerprint density at radius 2 is 1.69 bits per heavy atom. The molecule has 0 aromatic heterocycles. The van der Waals surface area contributed by atoms with E-state index in [2.05, 4.69) is 30.3 Å². The van der Waals surface area contributed by atoms with Crippen molar-refractivity contribution in [1.82, 2.24) is 0 Å². The van der Waals surface area contributed by atoms with Gasteiger partial charge in [0.1, 0.15) is 0 Å². The van der Waals surface area contributed by atoms with Crippen LogP contribution in [0.2, 0.25) is 0 Å². The summed E-state index contributed by atoms with van der Waals surface area (Å²) in [5, 5.41) is 11.3. The second-order valence-corrected chi connectivity index (χ2v) is 3.16. The SMILES string of the molecule is OCC[13c]1[13cH][13cH][13c]2cccc[13c]2[13cH]1. The van der Waals surface area contributed by atoms with Gasteiger partial charge in [-0.3, -0.25) is 0 Å². The summed E-state index contributed by atoms with van der Waals surface area (Å²) in [6, 6.07) is 14.6. The average Bonchev–Trinajstić information content (AvgIpc) is 2.18. The Hall–Kier alpha value is -1.34. The molecular formula is C12H12O. The normalized spacial score (nSPS) is 10.5. The molecule has 0 bridgehead atoms. The Bertz CT molecular complexity index is 407. The number of hydrogen-bond donors (Lipinski definition) is 1. The summed E-state index contributed by atoms with van der Waals surface area (Å²) >= 11 is 0. The molecule has 66 valence electrons. The van der Waals surface area contributed by atoms with Crippen LogP contribution >= 0.6 is 0 Å².